The van der Waals surface area contributed by atoms with Crippen molar-refractivity contribution in [2.24, 2.45) is 4.99 Å². The lowest BCUT2D eigenvalue weighted by molar-refractivity contribution is 0.0819. The molecule has 1 aromatic rings. The largest absolute Gasteiger partial charge is 0.497 e. The molecule has 0 unspecified atom stereocenters. The second kappa shape index (κ2) is 6.50. The molecular formula is C17H23N3O2. The minimum Gasteiger partial charge on any atom is -0.497 e. The molecule has 2 aliphatic heterocycles. The van der Waals surface area contributed by atoms with Gasteiger partial charge in [-0.1, -0.05) is 12.1 Å². The molecule has 1 saturated heterocycles. The van der Waals surface area contributed by atoms with Gasteiger partial charge in [-0.25, -0.2) is 0 Å². The number of nitrogens with zero attached hydrogens (tertiary/aromatic N) is 3. The summed E-state index contributed by atoms with van der Waals surface area (Å²) >= 11 is 0. The summed E-state index contributed by atoms with van der Waals surface area (Å²) in [5.74, 6) is 0.868. The van der Waals surface area contributed by atoms with E-state index in [0.29, 0.717) is 0 Å². The number of fused-ring (bicyclic) bond motifs is 1. The molecule has 2 heterocycles. The molecule has 22 heavy (non-hydrogen) atoms. The van der Waals surface area contributed by atoms with E-state index in [4.69, 9.17) is 4.74 Å². The summed E-state index contributed by atoms with van der Waals surface area (Å²) in [5, 5.41) is 9.71. The predicted octanol–water partition coefficient (Wildman–Crippen LogP) is 1.49. The first-order valence-electron chi connectivity index (χ1n) is 7.68. The zero-order valence-corrected chi connectivity index (χ0v) is 13.1. The van der Waals surface area contributed by atoms with Crippen LogP contribution in [0.15, 0.2) is 41.0 Å². The maximum atomic E-state index is 9.71. The fourth-order valence-corrected chi connectivity index (χ4v) is 2.99. The lowest BCUT2D eigenvalue weighted by Crippen LogP contribution is -2.53. The van der Waals surface area contributed by atoms with E-state index in [9.17, 15) is 5.11 Å². The van der Waals surface area contributed by atoms with Crippen molar-refractivity contribution in [2.45, 2.75) is 25.6 Å². The normalized spacial score (nSPS) is 24.9. The van der Waals surface area contributed by atoms with Crippen molar-refractivity contribution in [1.29, 1.82) is 0 Å². The van der Waals surface area contributed by atoms with Crippen LogP contribution in [0.5, 0.6) is 5.75 Å². The summed E-state index contributed by atoms with van der Waals surface area (Å²) in [6.07, 6.45) is 4.11. The van der Waals surface area contributed by atoms with Gasteiger partial charge in [-0.15, -0.1) is 0 Å². The second-order valence-corrected chi connectivity index (χ2v) is 5.90. The standard InChI is InChI=1S/C17H23N3O2/c1-13-7-15-9-19(16(11-21)10-20(15)12-18-13)8-14-3-5-17(22-2)6-4-14/h3-7,12-13,16,21H,8-11H2,1-2H3/t13-,16-/m0/s1. The highest BCUT2D eigenvalue weighted by molar-refractivity contribution is 5.61. The Morgan fingerprint density at radius 3 is 2.77 bits per heavy atom. The number of hydrogen-bond donors (Lipinski definition) is 1. The Balaban J connectivity index is 1.73. The molecule has 2 atom stereocenters. The first-order valence-corrected chi connectivity index (χ1v) is 7.68. The van der Waals surface area contributed by atoms with Crippen molar-refractivity contribution in [3.8, 4) is 5.75 Å². The van der Waals surface area contributed by atoms with Crippen molar-refractivity contribution >= 4 is 6.34 Å². The second-order valence-electron chi connectivity index (χ2n) is 5.90. The van der Waals surface area contributed by atoms with Gasteiger partial charge in [-0.2, -0.15) is 0 Å². The van der Waals surface area contributed by atoms with Crippen LogP contribution in [0.1, 0.15) is 12.5 Å². The van der Waals surface area contributed by atoms with Crippen molar-refractivity contribution in [1.82, 2.24) is 9.80 Å². The number of aliphatic imine (C=N–C) groups is 1. The summed E-state index contributed by atoms with van der Waals surface area (Å²) in [4.78, 5) is 8.91. The highest BCUT2D eigenvalue weighted by Gasteiger charge is 2.30. The maximum absolute atomic E-state index is 9.71. The zero-order valence-electron chi connectivity index (χ0n) is 13.1. The molecule has 5 nitrogen and oxygen atoms in total. The molecule has 5 heteroatoms. The Bertz CT molecular complexity index is 568. The van der Waals surface area contributed by atoms with Gasteiger partial charge in [0.25, 0.3) is 0 Å². The number of benzene rings is 1. The number of aliphatic hydroxyl groups is 1. The van der Waals surface area contributed by atoms with Crippen molar-refractivity contribution in [2.75, 3.05) is 26.8 Å². The average Bonchev–Trinajstić information content (AvgIpc) is 2.55. The van der Waals surface area contributed by atoms with Crippen molar-refractivity contribution in [3.05, 3.63) is 41.6 Å². The fraction of sp³-hybridized carbons (Fsp3) is 0.471. The summed E-state index contributed by atoms with van der Waals surface area (Å²) in [7, 11) is 1.67. The van der Waals surface area contributed by atoms with E-state index in [-0.39, 0.29) is 18.7 Å². The molecule has 1 fully saturated rings. The summed E-state index contributed by atoms with van der Waals surface area (Å²) in [6, 6.07) is 8.49. The molecule has 0 amide bonds. The average molecular weight is 301 g/mol. The van der Waals surface area contributed by atoms with Gasteiger partial charge in [0.15, 0.2) is 0 Å². The van der Waals surface area contributed by atoms with Crippen LogP contribution in [-0.4, -0.2) is 60.1 Å². The SMILES string of the molecule is COc1ccc(CN2CC3=C[C@H](C)N=CN3C[C@H]2CO)cc1. The Morgan fingerprint density at radius 2 is 2.09 bits per heavy atom. The zero-order chi connectivity index (χ0) is 15.5. The predicted molar refractivity (Wildman–Crippen MR) is 87.0 cm³/mol. The number of methoxy groups -OCH3 is 1. The third-order valence-corrected chi connectivity index (χ3v) is 4.29. The third-order valence-electron chi connectivity index (χ3n) is 4.29. The van der Waals surface area contributed by atoms with Crippen LogP contribution in [0, 0.1) is 0 Å². The molecule has 0 radical (unpaired) electrons. The molecule has 1 aromatic carbocycles. The van der Waals surface area contributed by atoms with Gasteiger partial charge in [0, 0.05) is 25.3 Å². The van der Waals surface area contributed by atoms with Crippen molar-refractivity contribution < 1.29 is 9.84 Å². The first kappa shape index (κ1) is 15.1. The van der Waals surface area contributed by atoms with E-state index in [1.54, 1.807) is 7.11 Å². The van der Waals surface area contributed by atoms with Crippen LogP contribution in [0.25, 0.3) is 0 Å². The molecule has 2 aliphatic rings. The van der Waals surface area contributed by atoms with E-state index < -0.39 is 0 Å². The quantitative estimate of drug-likeness (QED) is 0.915. The third kappa shape index (κ3) is 3.15. The maximum Gasteiger partial charge on any atom is 0.118 e. The van der Waals surface area contributed by atoms with Gasteiger partial charge in [0.05, 0.1) is 32.1 Å². The topological polar surface area (TPSA) is 48.3 Å². The minimum atomic E-state index is 0.124. The molecule has 0 saturated carbocycles. The van der Waals surface area contributed by atoms with Gasteiger partial charge in [-0.3, -0.25) is 9.89 Å². The van der Waals surface area contributed by atoms with Crippen LogP contribution in [-0.2, 0) is 6.54 Å². The fourth-order valence-electron chi connectivity index (χ4n) is 2.99. The van der Waals surface area contributed by atoms with Crippen LogP contribution < -0.4 is 4.74 Å². The first-order chi connectivity index (χ1) is 10.7. The Morgan fingerprint density at radius 1 is 1.32 bits per heavy atom. The number of hydrogen-bond acceptors (Lipinski definition) is 5. The van der Waals surface area contributed by atoms with Gasteiger partial charge < -0.3 is 14.7 Å². The molecule has 0 spiro atoms. The monoisotopic (exact) mass is 301 g/mol. The van der Waals surface area contributed by atoms with E-state index >= 15 is 0 Å². The van der Waals surface area contributed by atoms with Gasteiger partial charge >= 0.3 is 0 Å². The highest BCUT2D eigenvalue weighted by atomic mass is 16.5. The van der Waals surface area contributed by atoms with E-state index in [1.165, 1.54) is 11.3 Å². The van der Waals surface area contributed by atoms with Crippen LogP contribution >= 0.6 is 0 Å². The Kier molecular flexibility index (Phi) is 4.45. The molecule has 118 valence electrons. The Labute approximate surface area is 131 Å². The Hall–Kier alpha value is -1.85. The number of piperazine rings is 1. The number of aliphatic hydroxyl groups excluding tert-OH is 1. The van der Waals surface area contributed by atoms with Crippen molar-refractivity contribution in [3.63, 3.8) is 0 Å². The number of ether oxygens (including phenoxy) is 1. The van der Waals surface area contributed by atoms with Crippen LogP contribution in [0.4, 0.5) is 0 Å². The summed E-state index contributed by atoms with van der Waals surface area (Å²) in [5.41, 5.74) is 2.51. The van der Waals surface area contributed by atoms with E-state index in [1.807, 2.05) is 18.5 Å². The van der Waals surface area contributed by atoms with Gasteiger partial charge in [0.2, 0.25) is 0 Å². The highest BCUT2D eigenvalue weighted by Crippen LogP contribution is 2.23. The summed E-state index contributed by atoms with van der Waals surface area (Å²) in [6.45, 7) is 4.70. The molecule has 3 rings (SSSR count). The van der Waals surface area contributed by atoms with Crippen LogP contribution in [0.3, 0.4) is 0 Å². The molecule has 0 aliphatic carbocycles. The molecular weight excluding hydrogens is 278 g/mol. The lowest BCUT2D eigenvalue weighted by atomic mass is 10.1. The van der Waals surface area contributed by atoms with Gasteiger partial charge in [-0.05, 0) is 30.7 Å². The smallest absolute Gasteiger partial charge is 0.118 e. The lowest BCUT2D eigenvalue weighted by Gasteiger charge is -2.43. The molecule has 0 bridgehead atoms. The minimum absolute atomic E-state index is 0.124. The van der Waals surface area contributed by atoms with Crippen LogP contribution in [0.2, 0.25) is 0 Å². The molecule has 0 aromatic heterocycles. The van der Waals surface area contributed by atoms with Gasteiger partial charge in [0.1, 0.15) is 5.75 Å². The van der Waals surface area contributed by atoms with E-state index in [2.05, 4.69) is 39.9 Å². The molecule has 1 N–H and O–H groups in total. The summed E-state index contributed by atoms with van der Waals surface area (Å²) < 4.78 is 5.20. The number of rotatable bonds is 4. The van der Waals surface area contributed by atoms with E-state index in [0.717, 1.165) is 25.4 Å².